The molecule has 4 heterocycles. The first-order valence-electron chi connectivity index (χ1n) is 20.2. The largest absolute Gasteiger partial charge is 2.00 e. The van der Waals surface area contributed by atoms with Crippen molar-refractivity contribution in [3.05, 3.63) is 37.3 Å². The molecule has 8 nitrogen and oxygen atoms in total. The monoisotopic (exact) mass is 830 g/mol. The number of nitrogens with zero attached hydrogens (tertiary/aromatic N) is 4. The molecule has 0 bridgehead atoms. The minimum absolute atomic E-state index is 0. The minimum Gasteiger partial charge on any atom is -0.383 e. The van der Waals surface area contributed by atoms with Gasteiger partial charge in [-0.25, -0.2) is 11.3 Å². The number of allylic oxidation sites excluding steroid dienone is 4. The van der Waals surface area contributed by atoms with Gasteiger partial charge in [0, 0.05) is 62.7 Å². The van der Waals surface area contributed by atoms with Gasteiger partial charge in [-0.2, -0.15) is 25.1 Å². The third kappa shape index (κ3) is 10.9. The molecule has 0 N–H and O–H groups in total. The molecular formula is C39H74B2FeN4O4P2Si+2. The van der Waals surface area contributed by atoms with Crippen molar-refractivity contribution < 1.29 is 36.0 Å². The Bertz CT molecular complexity index is 1110. The Morgan fingerprint density at radius 1 is 0.623 bits per heavy atom. The van der Waals surface area contributed by atoms with Gasteiger partial charge in [0.25, 0.3) is 0 Å². The molecule has 6 aliphatic rings. The number of methoxy groups -OCH3 is 4. The maximum Gasteiger partial charge on any atom is 2.00 e. The maximum absolute atomic E-state index is 7.59. The second-order valence-electron chi connectivity index (χ2n) is 16.9. The smallest absolute Gasteiger partial charge is 0.383 e. The van der Waals surface area contributed by atoms with Crippen LogP contribution < -0.4 is 0 Å². The number of hydrogen-bond acceptors (Lipinski definition) is 8. The van der Waals surface area contributed by atoms with Crippen molar-refractivity contribution in [1.29, 1.82) is 0 Å². The maximum atomic E-state index is 7.59. The Hall–Kier alpha value is 0.756. The predicted molar refractivity (Wildman–Crippen MR) is 229 cm³/mol. The van der Waals surface area contributed by atoms with Gasteiger partial charge in [-0.1, -0.05) is 25.7 Å². The van der Waals surface area contributed by atoms with E-state index in [0.717, 1.165) is 52.6 Å². The average Bonchev–Trinajstić information content (AvgIpc) is 3.96. The van der Waals surface area contributed by atoms with Crippen LogP contribution in [0.3, 0.4) is 0 Å². The van der Waals surface area contributed by atoms with Crippen LogP contribution >= 0.6 is 14.9 Å². The van der Waals surface area contributed by atoms with Gasteiger partial charge in [0.05, 0.1) is 69.4 Å². The summed E-state index contributed by atoms with van der Waals surface area (Å²) in [5.41, 5.74) is 0.978. The fraction of sp³-hybridized carbons (Fsp3) is 0.846. The summed E-state index contributed by atoms with van der Waals surface area (Å²) in [5, 5.41) is 1.53. The van der Waals surface area contributed by atoms with Gasteiger partial charge in [-0.05, 0) is 77.0 Å². The van der Waals surface area contributed by atoms with Gasteiger partial charge in [-0.15, -0.1) is 6.08 Å². The van der Waals surface area contributed by atoms with E-state index < -0.39 is 23.0 Å². The summed E-state index contributed by atoms with van der Waals surface area (Å²) in [6.45, 7) is 15.0. The van der Waals surface area contributed by atoms with Crippen LogP contribution in [-0.4, -0.2) is 158 Å². The first-order chi connectivity index (χ1) is 24.5. The molecule has 0 aromatic rings. The molecule has 0 spiro atoms. The van der Waals surface area contributed by atoms with Crippen LogP contribution in [0.4, 0.5) is 0 Å². The molecule has 4 aliphatic heterocycles. The molecule has 4 saturated heterocycles. The van der Waals surface area contributed by atoms with E-state index in [1.165, 1.54) is 82.2 Å². The molecule has 0 amide bonds. The molecular weight excluding hydrogens is 756 g/mol. The van der Waals surface area contributed by atoms with Gasteiger partial charge >= 0.3 is 32.2 Å². The summed E-state index contributed by atoms with van der Waals surface area (Å²) >= 11 is 0. The van der Waals surface area contributed by atoms with Crippen LogP contribution in [-0.2, 0) is 36.0 Å². The van der Waals surface area contributed by atoms with Crippen LogP contribution in [0.15, 0.2) is 23.4 Å². The third-order valence-corrected chi connectivity index (χ3v) is 22.8. The van der Waals surface area contributed by atoms with Crippen molar-refractivity contribution in [2.75, 3.05) is 81.0 Å². The zero-order valence-corrected chi connectivity index (χ0v) is 38.6. The van der Waals surface area contributed by atoms with Crippen LogP contribution in [0, 0.1) is 13.8 Å². The van der Waals surface area contributed by atoms with Crippen molar-refractivity contribution in [3.63, 3.8) is 0 Å². The zero-order valence-electron chi connectivity index (χ0n) is 34.7. The van der Waals surface area contributed by atoms with Crippen molar-refractivity contribution in [2.45, 2.75) is 132 Å². The Labute approximate surface area is 341 Å². The molecule has 0 aromatic heterocycles. The van der Waals surface area contributed by atoms with Crippen LogP contribution in [0.5, 0.6) is 0 Å². The summed E-state index contributed by atoms with van der Waals surface area (Å²) in [6, 6.07) is 1.88. The standard InChI is InChI=1S/C21H38BN2O2PSi.C17H33BN2O2P.CH3.Fe/c1-25-16-18-9-7-13-23(18)27(22,24-14-8-10-19(24)17-26-2)20-11-6-12-21(15-20)28(3,4)5;1-21-13-15-7-5-11-19(15)23(18,17-9-3-4-10-17)20-12-6-8-16(20)14-22-2;;/h6,11-12,15,18-20H,7-10,13-14,16-17H2,1-5H3;15-17H,3-14H2,1-2H3;1H3;/q;+1;-1;+2/t18-,19-,20?;15-,16-;;/m00../s1. The summed E-state index contributed by atoms with van der Waals surface area (Å²) in [6.07, 6.45) is 24.6. The molecule has 6 rings (SSSR count). The second kappa shape index (κ2) is 22.2. The number of rotatable bonds is 15. The Balaban J connectivity index is 0.000000280. The molecule has 0 aromatic carbocycles. The van der Waals surface area contributed by atoms with E-state index in [1.54, 1.807) is 0 Å². The molecule has 53 heavy (non-hydrogen) atoms. The van der Waals surface area contributed by atoms with Gasteiger partial charge in [-0.3, -0.25) is 0 Å². The molecule has 5 atom stereocenters. The van der Waals surface area contributed by atoms with Gasteiger partial charge in [0.1, 0.15) is 7.44 Å². The fourth-order valence-electron chi connectivity index (χ4n) is 10.1. The van der Waals surface area contributed by atoms with Crippen LogP contribution in [0.2, 0.25) is 19.6 Å². The Kier molecular flexibility index (Phi) is 20.2. The number of hydrogen-bond donors (Lipinski definition) is 0. The van der Waals surface area contributed by atoms with Crippen LogP contribution in [0.25, 0.3) is 0 Å². The van der Waals surface area contributed by atoms with E-state index in [0.29, 0.717) is 29.8 Å². The van der Waals surface area contributed by atoms with Crippen molar-refractivity contribution >= 4 is 38.1 Å². The van der Waals surface area contributed by atoms with Crippen LogP contribution in [0.1, 0.15) is 77.0 Å². The van der Waals surface area contributed by atoms with Gasteiger partial charge in [0.2, 0.25) is 0 Å². The summed E-state index contributed by atoms with van der Waals surface area (Å²) in [7, 11) is 17.0. The third-order valence-electron chi connectivity index (χ3n) is 12.6. The zero-order chi connectivity index (χ0) is 36.6. The molecule has 5 fully saturated rings. The molecule has 1 saturated carbocycles. The molecule has 2 aliphatic carbocycles. The second-order valence-corrected chi connectivity index (χ2v) is 28.2. The van der Waals surface area contributed by atoms with E-state index in [2.05, 4.69) is 63.0 Å². The van der Waals surface area contributed by atoms with Gasteiger partial charge in [0.15, 0.2) is 0 Å². The van der Waals surface area contributed by atoms with E-state index in [1.807, 2.05) is 28.4 Å². The molecule has 4 radical (unpaired) electrons. The minimum atomic E-state index is -2.07. The summed E-state index contributed by atoms with van der Waals surface area (Å²) in [4.78, 5) is 0. The molecule has 1 unspecified atom stereocenters. The van der Waals surface area contributed by atoms with Gasteiger partial charge < -0.3 is 26.4 Å². The Morgan fingerprint density at radius 3 is 1.32 bits per heavy atom. The average molecular weight is 831 g/mol. The van der Waals surface area contributed by atoms with E-state index in [9.17, 15) is 0 Å². The SMILES string of the molecule is [B][P+](C1C=CC=C([Si](C)(C)C)[CH-]1)(N1CCC[C@H]1COC)N1CCC[C@H]1COC.[B][P+](C1CCCC1)(N1CCC[C@H]1COC)N1CCC[C@H]1COC.[CH3-].[Fe+2]. The van der Waals surface area contributed by atoms with Crippen molar-refractivity contribution in [1.82, 2.24) is 18.7 Å². The van der Waals surface area contributed by atoms with E-state index in [-0.39, 0.29) is 30.2 Å². The summed E-state index contributed by atoms with van der Waals surface area (Å²) < 4.78 is 33.0. The molecule has 300 valence electrons. The van der Waals surface area contributed by atoms with E-state index in [4.69, 9.17) is 34.1 Å². The molecule has 14 heteroatoms. The normalized spacial score (nSPS) is 29.4. The number of ether oxygens (including phenoxy) is 4. The topological polar surface area (TPSA) is 49.9 Å². The quantitative estimate of drug-likeness (QED) is 0.0951. The van der Waals surface area contributed by atoms with E-state index >= 15 is 0 Å². The predicted octanol–water partition coefficient (Wildman–Crippen LogP) is 7.62. The summed E-state index contributed by atoms with van der Waals surface area (Å²) in [5.74, 6) is 0. The first kappa shape index (κ1) is 48.1. The Morgan fingerprint density at radius 2 is 0.981 bits per heavy atom. The van der Waals surface area contributed by atoms with Crippen molar-refractivity contribution in [3.8, 4) is 0 Å². The first-order valence-corrected chi connectivity index (χ1v) is 27.3. The fourth-order valence-corrected chi connectivity index (χ4v) is 20.1. The van der Waals surface area contributed by atoms with Crippen molar-refractivity contribution in [2.24, 2.45) is 0 Å².